The summed E-state index contributed by atoms with van der Waals surface area (Å²) in [6.45, 7) is 12.6. The van der Waals surface area contributed by atoms with E-state index in [1.54, 1.807) is 0 Å². The Morgan fingerprint density at radius 1 is 1.04 bits per heavy atom. The first-order valence-corrected chi connectivity index (χ1v) is 9.17. The van der Waals surface area contributed by atoms with Crippen LogP contribution in [-0.2, 0) is 42.3 Å². The third-order valence-electron chi connectivity index (χ3n) is 3.36. The van der Waals surface area contributed by atoms with Crippen molar-refractivity contribution in [3.63, 3.8) is 0 Å². The number of amides is 2. The molecule has 2 amide bonds. The number of carbonyl (C=O) groups excluding carboxylic acids is 3. The summed E-state index contributed by atoms with van der Waals surface area (Å²) >= 11 is 0. The van der Waals surface area contributed by atoms with Crippen LogP contribution in [0, 0.1) is 13.0 Å². The summed E-state index contributed by atoms with van der Waals surface area (Å²) in [6, 6.07) is 11.5. The second kappa shape index (κ2) is 21.2. The van der Waals surface area contributed by atoms with Crippen LogP contribution in [0.15, 0.2) is 30.3 Å². The predicted molar refractivity (Wildman–Crippen MR) is 107 cm³/mol. The van der Waals surface area contributed by atoms with E-state index in [1.807, 2.05) is 51.1 Å². The zero-order valence-corrected chi connectivity index (χ0v) is 20.2. The fourth-order valence-corrected chi connectivity index (χ4v) is 1.83. The van der Waals surface area contributed by atoms with E-state index in [0.717, 1.165) is 6.42 Å². The number of rotatable bonds is 8. The summed E-state index contributed by atoms with van der Waals surface area (Å²) in [5.41, 5.74) is 0. The molecule has 0 spiro atoms. The van der Waals surface area contributed by atoms with Crippen LogP contribution < -0.4 is 10.6 Å². The van der Waals surface area contributed by atoms with Crippen molar-refractivity contribution in [3.05, 3.63) is 43.3 Å². The van der Waals surface area contributed by atoms with Gasteiger partial charge in [0.2, 0.25) is 0 Å². The zero-order chi connectivity index (χ0) is 20.4. The van der Waals surface area contributed by atoms with Gasteiger partial charge in [-0.1, -0.05) is 20.8 Å². The predicted octanol–water partition coefficient (Wildman–Crippen LogP) is 4.13. The zero-order valence-electron chi connectivity index (χ0n) is 17.4. The fourth-order valence-electron chi connectivity index (χ4n) is 1.83. The number of carbonyl (C=O) groups is 3. The summed E-state index contributed by atoms with van der Waals surface area (Å²) in [5.74, 6) is -0.137. The molecule has 0 aliphatic carbocycles. The Balaban J connectivity index is -0.000000532. The Morgan fingerprint density at radius 3 is 1.89 bits per heavy atom. The van der Waals surface area contributed by atoms with E-state index in [9.17, 15) is 14.4 Å². The smallest absolute Gasteiger partial charge is 0.315 e. The molecule has 0 aliphatic rings. The van der Waals surface area contributed by atoms with E-state index >= 15 is 0 Å². The Hall–Kier alpha value is -1.07. The van der Waals surface area contributed by atoms with E-state index in [-0.39, 0.29) is 62.8 Å². The molecular weight excluding hydrogens is 417 g/mol. The van der Waals surface area contributed by atoms with Gasteiger partial charge in [-0.2, -0.15) is 42.8 Å². The van der Waals surface area contributed by atoms with Gasteiger partial charge in [0.15, 0.2) is 5.78 Å². The summed E-state index contributed by atoms with van der Waals surface area (Å²) < 4.78 is 0. The molecule has 1 radical (unpaired) electrons. The monoisotopic (exact) mass is 451 g/mol. The first-order chi connectivity index (χ1) is 12.4. The number of urea groups is 1. The Labute approximate surface area is 190 Å². The van der Waals surface area contributed by atoms with Crippen LogP contribution >= 0.6 is 0 Å². The average molecular weight is 451 g/mol. The van der Waals surface area contributed by atoms with Crippen molar-refractivity contribution in [3.8, 4) is 0 Å². The number of Topliss-reactive ketones (excluding diaryl/α,β-unsaturated/α-hetero) is 2. The average Bonchev–Trinajstić information content (AvgIpc) is 2.66. The molecule has 6 heteroatoms. The fraction of sp³-hybridized carbons (Fsp3) is 0.524. The van der Waals surface area contributed by atoms with Gasteiger partial charge in [-0.3, -0.25) is 4.79 Å². The number of hydrogen-bond acceptors (Lipinski definition) is 3. The topological polar surface area (TPSA) is 75.3 Å². The van der Waals surface area contributed by atoms with E-state index < -0.39 is 6.04 Å². The standard InChI is InChI=1S/C13H23N2O3.C6H5.C2H6.Y/c1-5-11(6-2)14-13(18)15-12(10(4)17)8-7-9(3)16;1-2-4-6-5-3-1;1-2;/h11-12H,1,5-8H2,2-4H3,(H2,14,15,18);1-5H;1-2H3;/q2*-1;;. The van der Waals surface area contributed by atoms with Crippen molar-refractivity contribution in [2.24, 2.45) is 0 Å². The van der Waals surface area contributed by atoms with Gasteiger partial charge in [0.05, 0.1) is 6.04 Å². The number of nitrogens with one attached hydrogen (secondary N) is 2. The van der Waals surface area contributed by atoms with Gasteiger partial charge in [-0.05, 0) is 26.7 Å². The van der Waals surface area contributed by atoms with Crippen LogP contribution in [-0.4, -0.2) is 29.7 Å². The molecule has 2 unspecified atom stereocenters. The van der Waals surface area contributed by atoms with Crippen molar-refractivity contribution in [2.45, 2.75) is 72.4 Å². The van der Waals surface area contributed by atoms with Crippen molar-refractivity contribution in [1.82, 2.24) is 10.6 Å². The quantitative estimate of drug-likeness (QED) is 0.584. The number of hydrogen-bond donors (Lipinski definition) is 2. The van der Waals surface area contributed by atoms with Crippen LogP contribution in [0.25, 0.3) is 0 Å². The van der Waals surface area contributed by atoms with Gasteiger partial charge in [0, 0.05) is 45.2 Å². The largest absolute Gasteiger partial charge is 0.341 e. The number of ketones is 2. The van der Waals surface area contributed by atoms with Crippen LogP contribution in [0.1, 0.15) is 60.3 Å². The van der Waals surface area contributed by atoms with Gasteiger partial charge in [0.1, 0.15) is 5.78 Å². The molecule has 0 heterocycles. The second-order valence-corrected chi connectivity index (χ2v) is 5.49. The Kier molecular flexibility index (Phi) is 24.1. The third kappa shape index (κ3) is 19.5. The normalized spacial score (nSPS) is 11.0. The van der Waals surface area contributed by atoms with E-state index in [4.69, 9.17) is 0 Å². The van der Waals surface area contributed by atoms with E-state index in [0.29, 0.717) is 12.8 Å². The summed E-state index contributed by atoms with van der Waals surface area (Å²) in [4.78, 5) is 33.9. The first-order valence-electron chi connectivity index (χ1n) is 9.17. The van der Waals surface area contributed by atoms with Crippen molar-refractivity contribution < 1.29 is 47.1 Å². The second-order valence-electron chi connectivity index (χ2n) is 5.49. The van der Waals surface area contributed by atoms with Gasteiger partial charge in [-0.15, -0.1) is 0 Å². The summed E-state index contributed by atoms with van der Waals surface area (Å²) in [6.07, 6.45) is 2.02. The Morgan fingerprint density at radius 2 is 1.59 bits per heavy atom. The molecule has 1 aromatic carbocycles. The molecule has 151 valence electrons. The van der Waals surface area contributed by atoms with E-state index in [1.165, 1.54) is 13.8 Å². The third-order valence-corrected chi connectivity index (χ3v) is 3.36. The van der Waals surface area contributed by atoms with Crippen LogP contribution in [0.2, 0.25) is 0 Å². The maximum absolute atomic E-state index is 11.6. The molecule has 0 bridgehead atoms. The molecule has 1 aromatic rings. The molecular formula is C21H34N2O3Y-2. The molecule has 2 N–H and O–H groups in total. The molecule has 0 aliphatic heterocycles. The molecule has 1 rings (SSSR count). The van der Waals surface area contributed by atoms with Crippen LogP contribution in [0.4, 0.5) is 4.79 Å². The molecule has 0 fully saturated rings. The van der Waals surface area contributed by atoms with Crippen molar-refractivity contribution >= 4 is 17.6 Å². The summed E-state index contributed by atoms with van der Waals surface area (Å²) in [7, 11) is 0. The summed E-state index contributed by atoms with van der Waals surface area (Å²) in [5, 5.41) is 5.33. The minimum Gasteiger partial charge on any atom is -0.341 e. The minimum absolute atomic E-state index is 0. The maximum atomic E-state index is 11.6. The SMILES string of the molecule is CC.[CH2-]CC(CC)NC(=O)NC(CCC(C)=O)C(C)=O.[Y].[c-]1ccccc1. The van der Waals surface area contributed by atoms with Crippen LogP contribution in [0.3, 0.4) is 0 Å². The van der Waals surface area contributed by atoms with Gasteiger partial charge in [-0.25, -0.2) is 4.79 Å². The van der Waals surface area contributed by atoms with Gasteiger partial charge >= 0.3 is 6.03 Å². The van der Waals surface area contributed by atoms with E-state index in [2.05, 4.69) is 23.6 Å². The molecule has 0 saturated heterocycles. The molecule has 5 nitrogen and oxygen atoms in total. The first kappa shape index (κ1) is 30.7. The van der Waals surface area contributed by atoms with Gasteiger partial charge in [0.25, 0.3) is 0 Å². The molecule has 0 aromatic heterocycles. The molecule has 2 atom stereocenters. The van der Waals surface area contributed by atoms with Gasteiger partial charge < -0.3 is 22.4 Å². The van der Waals surface area contributed by atoms with Crippen molar-refractivity contribution in [1.29, 1.82) is 0 Å². The Bertz CT molecular complexity index is 465. The molecule has 0 saturated carbocycles. The molecule has 27 heavy (non-hydrogen) atoms. The number of benzene rings is 1. The maximum Gasteiger partial charge on any atom is 0.315 e. The van der Waals surface area contributed by atoms with Crippen LogP contribution in [0.5, 0.6) is 0 Å². The minimum atomic E-state index is -0.601. The van der Waals surface area contributed by atoms with Crippen molar-refractivity contribution in [2.75, 3.05) is 0 Å².